The molecular weight excluding hydrogens is 596 g/mol. The summed E-state index contributed by atoms with van der Waals surface area (Å²) in [6, 6.07) is 4.39. The van der Waals surface area contributed by atoms with E-state index in [1.807, 2.05) is 0 Å². The normalized spacial score (nSPS) is 17.2. The van der Waals surface area contributed by atoms with Gasteiger partial charge in [0.1, 0.15) is 0 Å². The number of alkyl halides is 3. The van der Waals surface area contributed by atoms with Crippen LogP contribution in [0.5, 0.6) is 0 Å². The fourth-order valence-corrected chi connectivity index (χ4v) is 4.68. The topological polar surface area (TPSA) is 60.5 Å². The molecule has 2 unspecified atom stereocenters. The largest absolute Gasteiger partial charge is 0.416 e. The summed E-state index contributed by atoms with van der Waals surface area (Å²) >= 11 is 12.1. The molecule has 7 nitrogen and oxygen atoms in total. The van der Waals surface area contributed by atoms with E-state index in [2.05, 4.69) is 11.5 Å². The number of rotatable bonds is 18. The molecule has 2 rings (SSSR count). The number of halogens is 5. The standard InChI is InChI=1S/C30H41Cl2F3N2O5/c1-5-24(30(33,34)35)8-6-22(2)28(36(3)29(38)19-23-7-9-26(31)27(32)18-23)21-37-11-10-25(20-37)42-17-16-41-15-14-40-13-12-39-4/h5-9,18,25,28H,2,10-17,19-21H2,1,3-4H3. The highest BCUT2D eigenvalue weighted by atomic mass is 35.5. The first-order chi connectivity index (χ1) is 20.0. The van der Waals surface area contributed by atoms with Gasteiger partial charge < -0.3 is 23.8 Å². The number of likely N-dealkylation sites (N-methyl/N-ethyl adjacent to an activating group) is 1. The van der Waals surface area contributed by atoms with Gasteiger partial charge in [0.05, 0.1) is 73.8 Å². The van der Waals surface area contributed by atoms with E-state index in [0.717, 1.165) is 18.6 Å². The molecule has 1 fully saturated rings. The van der Waals surface area contributed by atoms with Crippen molar-refractivity contribution in [1.29, 1.82) is 0 Å². The Kier molecular flexibility index (Phi) is 16.1. The maximum atomic E-state index is 13.3. The smallest absolute Gasteiger partial charge is 0.382 e. The SMILES string of the molecule is C=C(C=CC(=CC)C(F)(F)F)C(CN1CCC(OCCOCCOCCOC)C1)N(C)C(=O)Cc1ccc(Cl)c(Cl)c1. The Morgan fingerprint density at radius 3 is 2.40 bits per heavy atom. The van der Waals surface area contributed by atoms with Gasteiger partial charge in [0.25, 0.3) is 0 Å². The van der Waals surface area contributed by atoms with Gasteiger partial charge >= 0.3 is 6.18 Å². The molecule has 1 aliphatic heterocycles. The van der Waals surface area contributed by atoms with Crippen molar-refractivity contribution in [2.45, 2.75) is 38.1 Å². The fourth-order valence-electron chi connectivity index (χ4n) is 4.35. The van der Waals surface area contributed by atoms with Crippen LogP contribution in [0.2, 0.25) is 10.0 Å². The molecule has 0 aliphatic carbocycles. The van der Waals surface area contributed by atoms with Crippen LogP contribution >= 0.6 is 23.2 Å². The molecule has 0 spiro atoms. The number of benzene rings is 1. The lowest BCUT2D eigenvalue weighted by molar-refractivity contribution is -0.130. The predicted molar refractivity (Wildman–Crippen MR) is 159 cm³/mol. The van der Waals surface area contributed by atoms with Gasteiger partial charge in [-0.05, 0) is 36.6 Å². The van der Waals surface area contributed by atoms with Gasteiger partial charge in [-0.15, -0.1) is 0 Å². The maximum absolute atomic E-state index is 13.3. The molecule has 0 N–H and O–H groups in total. The lowest BCUT2D eigenvalue weighted by Gasteiger charge is -2.32. The van der Waals surface area contributed by atoms with E-state index in [0.29, 0.717) is 80.5 Å². The first-order valence-electron chi connectivity index (χ1n) is 13.7. The third-order valence-electron chi connectivity index (χ3n) is 6.79. The number of carbonyl (C=O) groups is 1. The van der Waals surface area contributed by atoms with Gasteiger partial charge in [-0.3, -0.25) is 9.69 Å². The van der Waals surface area contributed by atoms with Crippen LogP contribution in [0, 0.1) is 0 Å². The zero-order valence-electron chi connectivity index (χ0n) is 24.4. The highest BCUT2D eigenvalue weighted by Crippen LogP contribution is 2.28. The summed E-state index contributed by atoms with van der Waals surface area (Å²) in [4.78, 5) is 16.9. The Morgan fingerprint density at radius 2 is 1.79 bits per heavy atom. The van der Waals surface area contributed by atoms with E-state index < -0.39 is 17.8 Å². The summed E-state index contributed by atoms with van der Waals surface area (Å²) in [5.74, 6) is -0.231. The Balaban J connectivity index is 1.99. The first-order valence-corrected chi connectivity index (χ1v) is 14.5. The van der Waals surface area contributed by atoms with E-state index >= 15 is 0 Å². The summed E-state index contributed by atoms with van der Waals surface area (Å²) in [5, 5.41) is 0.717. The predicted octanol–water partition coefficient (Wildman–Crippen LogP) is 5.75. The lowest BCUT2D eigenvalue weighted by atomic mass is 10.0. The number of ether oxygens (including phenoxy) is 4. The molecule has 0 saturated carbocycles. The number of nitrogens with zero attached hydrogens (tertiary/aromatic N) is 2. The Labute approximate surface area is 256 Å². The van der Waals surface area contributed by atoms with E-state index in [-0.39, 0.29) is 18.4 Å². The zero-order chi connectivity index (χ0) is 31.1. The molecule has 2 atom stereocenters. The Morgan fingerprint density at radius 1 is 1.12 bits per heavy atom. The summed E-state index contributed by atoms with van der Waals surface area (Å²) in [7, 11) is 3.24. The first kappa shape index (κ1) is 36.3. The highest BCUT2D eigenvalue weighted by molar-refractivity contribution is 6.42. The Hall–Kier alpha value is -1.92. The lowest BCUT2D eigenvalue weighted by Crippen LogP contribution is -2.46. The van der Waals surface area contributed by atoms with Crippen LogP contribution in [0.4, 0.5) is 13.2 Å². The van der Waals surface area contributed by atoms with Crippen LogP contribution < -0.4 is 0 Å². The van der Waals surface area contributed by atoms with Crippen molar-refractivity contribution >= 4 is 29.1 Å². The monoisotopic (exact) mass is 636 g/mol. The van der Waals surface area contributed by atoms with Crippen molar-refractivity contribution in [1.82, 2.24) is 9.80 Å². The number of allylic oxidation sites excluding steroid dienone is 3. The molecule has 1 aliphatic rings. The molecule has 1 amide bonds. The Bertz CT molecular complexity index is 1070. The average Bonchev–Trinajstić information content (AvgIpc) is 3.39. The van der Waals surface area contributed by atoms with Crippen LogP contribution in [0.15, 0.2) is 54.2 Å². The molecular formula is C30H41Cl2F3N2O5. The molecule has 1 saturated heterocycles. The van der Waals surface area contributed by atoms with E-state index in [1.165, 1.54) is 17.9 Å². The third kappa shape index (κ3) is 12.8. The molecule has 0 aromatic heterocycles. The van der Waals surface area contributed by atoms with Crippen LogP contribution in [-0.4, -0.2) is 107 Å². The van der Waals surface area contributed by atoms with Crippen molar-refractivity contribution in [3.8, 4) is 0 Å². The summed E-state index contributed by atoms with van der Waals surface area (Å²) in [5.41, 5.74) is 0.271. The molecule has 1 aromatic rings. The zero-order valence-corrected chi connectivity index (χ0v) is 25.9. The molecule has 0 bridgehead atoms. The summed E-state index contributed by atoms with van der Waals surface area (Å²) < 4.78 is 61.6. The van der Waals surface area contributed by atoms with Crippen LogP contribution in [-0.2, 0) is 30.2 Å². The van der Waals surface area contributed by atoms with Crippen molar-refractivity contribution < 1.29 is 36.9 Å². The van der Waals surface area contributed by atoms with Crippen molar-refractivity contribution in [3.05, 3.63) is 69.8 Å². The molecule has 1 heterocycles. The third-order valence-corrected chi connectivity index (χ3v) is 7.53. The van der Waals surface area contributed by atoms with Crippen LogP contribution in [0.1, 0.15) is 18.9 Å². The number of hydrogen-bond acceptors (Lipinski definition) is 6. The van der Waals surface area contributed by atoms with Gasteiger partial charge in [0, 0.05) is 33.8 Å². The van der Waals surface area contributed by atoms with Crippen LogP contribution in [0.25, 0.3) is 0 Å². The van der Waals surface area contributed by atoms with E-state index in [1.54, 1.807) is 32.4 Å². The van der Waals surface area contributed by atoms with Gasteiger partial charge in [-0.1, -0.05) is 54.1 Å². The van der Waals surface area contributed by atoms with Crippen molar-refractivity contribution in [2.24, 2.45) is 0 Å². The fraction of sp³-hybridized carbons (Fsp3) is 0.567. The van der Waals surface area contributed by atoms with Gasteiger partial charge in [-0.2, -0.15) is 13.2 Å². The number of likely N-dealkylation sites (tertiary alicyclic amines) is 1. The number of carbonyl (C=O) groups excluding carboxylic acids is 1. The highest BCUT2D eigenvalue weighted by Gasteiger charge is 2.32. The quantitative estimate of drug-likeness (QED) is 0.151. The van der Waals surface area contributed by atoms with Crippen LogP contribution in [0.3, 0.4) is 0 Å². The van der Waals surface area contributed by atoms with Crippen molar-refractivity contribution in [2.75, 3.05) is 73.4 Å². The second kappa shape index (κ2) is 18.7. The molecule has 1 aromatic carbocycles. The molecule has 42 heavy (non-hydrogen) atoms. The molecule has 236 valence electrons. The van der Waals surface area contributed by atoms with Crippen molar-refractivity contribution in [3.63, 3.8) is 0 Å². The number of amides is 1. The molecule has 12 heteroatoms. The van der Waals surface area contributed by atoms with E-state index in [9.17, 15) is 18.0 Å². The minimum absolute atomic E-state index is 0.0203. The number of methoxy groups -OCH3 is 1. The number of hydrogen-bond donors (Lipinski definition) is 0. The van der Waals surface area contributed by atoms with Gasteiger partial charge in [-0.25, -0.2) is 0 Å². The maximum Gasteiger partial charge on any atom is 0.416 e. The minimum Gasteiger partial charge on any atom is -0.382 e. The summed E-state index contributed by atoms with van der Waals surface area (Å²) in [6.45, 7) is 9.95. The molecule has 0 radical (unpaired) electrons. The average molecular weight is 638 g/mol. The second-order valence-corrected chi connectivity index (χ2v) is 10.7. The van der Waals surface area contributed by atoms with Gasteiger partial charge in [0.15, 0.2) is 0 Å². The minimum atomic E-state index is -4.49. The second-order valence-electron chi connectivity index (χ2n) is 9.85. The van der Waals surface area contributed by atoms with E-state index in [4.69, 9.17) is 42.1 Å². The summed E-state index contributed by atoms with van der Waals surface area (Å²) in [6.07, 6.45) is -0.357. The van der Waals surface area contributed by atoms with Gasteiger partial charge in [0.2, 0.25) is 5.91 Å².